The van der Waals surface area contributed by atoms with Crippen LogP contribution in [-0.2, 0) is 0 Å². The van der Waals surface area contributed by atoms with Gasteiger partial charge in [-0.2, -0.15) is 0 Å². The molecule has 0 aromatic carbocycles. The fourth-order valence-electron chi connectivity index (χ4n) is 2.49. The van der Waals surface area contributed by atoms with E-state index < -0.39 is 0 Å². The van der Waals surface area contributed by atoms with E-state index in [4.69, 9.17) is 0 Å². The number of carbonyl (C=O) groups is 2. The zero-order valence-electron chi connectivity index (χ0n) is 11.5. The van der Waals surface area contributed by atoms with E-state index in [1.165, 1.54) is 29.1 Å². The number of carbonyl (C=O) groups excluding carboxylic acids is 2. The lowest BCUT2D eigenvalue weighted by molar-refractivity contribution is 0.0587. The first-order valence-electron chi connectivity index (χ1n) is 6.84. The molecule has 110 valence electrons. The predicted octanol–water partition coefficient (Wildman–Crippen LogP) is 5.23. The normalized spacial score (nSPS) is 15.9. The van der Waals surface area contributed by atoms with Crippen LogP contribution in [0.2, 0.25) is 0 Å². The largest absolute Gasteiger partial charge is 0.271 e. The van der Waals surface area contributed by atoms with Crippen LogP contribution in [0.25, 0.3) is 0 Å². The predicted molar refractivity (Wildman–Crippen MR) is 88.4 cm³/mol. The lowest BCUT2D eigenvalue weighted by Gasteiger charge is -2.22. The zero-order chi connectivity index (χ0) is 14.9. The minimum atomic E-state index is -0.165. The Kier molecular flexibility index (Phi) is 5.42. The first-order chi connectivity index (χ1) is 9.49. The van der Waals surface area contributed by atoms with Crippen molar-refractivity contribution < 1.29 is 9.59 Å². The van der Waals surface area contributed by atoms with Gasteiger partial charge in [0.25, 0.3) is 11.8 Å². The summed E-state index contributed by atoms with van der Waals surface area (Å²) in [5, 5.41) is 0. The molecule has 0 aliphatic carbocycles. The van der Waals surface area contributed by atoms with Crippen molar-refractivity contribution in [1.29, 1.82) is 0 Å². The fraction of sp³-hybridized carbons (Fsp3) is 0.571. The highest BCUT2D eigenvalue weighted by atomic mass is 79.9. The number of rotatable bonds is 6. The van der Waals surface area contributed by atoms with Crippen LogP contribution in [-0.4, -0.2) is 22.8 Å². The molecule has 0 bridgehead atoms. The Labute approximate surface area is 140 Å². The first-order valence-corrected chi connectivity index (χ1v) is 9.25. The van der Waals surface area contributed by atoms with E-state index in [1.54, 1.807) is 0 Å². The van der Waals surface area contributed by atoms with Crippen LogP contribution in [0.1, 0.15) is 66.7 Å². The second-order valence-electron chi connectivity index (χ2n) is 5.08. The monoisotopic (exact) mass is 421 g/mol. The molecule has 1 atom stereocenters. The Hall–Kier alpha value is -0.200. The Balaban J connectivity index is 2.10. The Morgan fingerprint density at radius 1 is 1.05 bits per heavy atom. The summed E-state index contributed by atoms with van der Waals surface area (Å²) in [4.78, 5) is 26.3. The molecule has 3 nitrogen and oxygen atoms in total. The standard InChI is InChI=1S/C14H17Br2NO2S/c1-3-4-5-6-7-8(2)17-13(18)9-10(14(17)19)12(16)20-11(9)15/h8H,3-7H2,1-2H3. The molecular formula is C14H17Br2NO2S. The summed E-state index contributed by atoms with van der Waals surface area (Å²) in [6.07, 6.45) is 5.48. The van der Waals surface area contributed by atoms with Crippen LogP contribution < -0.4 is 0 Å². The molecule has 1 aromatic heterocycles. The summed E-state index contributed by atoms with van der Waals surface area (Å²) < 4.78 is 1.47. The summed E-state index contributed by atoms with van der Waals surface area (Å²) in [5.74, 6) is -0.330. The SMILES string of the molecule is CCCCCCC(C)N1C(=O)c2c(Br)sc(Br)c2C1=O. The summed E-state index contributed by atoms with van der Waals surface area (Å²) in [5.41, 5.74) is 1.04. The van der Waals surface area contributed by atoms with E-state index in [2.05, 4.69) is 38.8 Å². The second kappa shape index (κ2) is 6.71. The van der Waals surface area contributed by atoms with Gasteiger partial charge in [-0.15, -0.1) is 11.3 Å². The Morgan fingerprint density at radius 2 is 1.60 bits per heavy atom. The highest BCUT2D eigenvalue weighted by Crippen LogP contribution is 2.42. The average molecular weight is 423 g/mol. The number of thiophene rings is 1. The van der Waals surface area contributed by atoms with E-state index in [1.807, 2.05) is 6.92 Å². The van der Waals surface area contributed by atoms with Crippen molar-refractivity contribution in [3.63, 3.8) is 0 Å². The third kappa shape index (κ3) is 2.88. The van der Waals surface area contributed by atoms with Crippen LogP contribution in [0.4, 0.5) is 0 Å². The van der Waals surface area contributed by atoms with Crippen molar-refractivity contribution in [2.45, 2.75) is 52.0 Å². The maximum absolute atomic E-state index is 12.4. The number of fused-ring (bicyclic) bond motifs is 1. The molecule has 0 radical (unpaired) electrons. The highest BCUT2D eigenvalue weighted by molar-refractivity contribution is 9.12. The Morgan fingerprint density at radius 3 is 2.10 bits per heavy atom. The lowest BCUT2D eigenvalue weighted by atomic mass is 10.1. The van der Waals surface area contributed by atoms with Gasteiger partial charge in [-0.1, -0.05) is 32.6 Å². The summed E-state index contributed by atoms with van der Waals surface area (Å²) in [6.45, 7) is 4.13. The fourth-order valence-corrected chi connectivity index (χ4v) is 5.59. The van der Waals surface area contributed by atoms with Gasteiger partial charge in [-0.05, 0) is 45.2 Å². The van der Waals surface area contributed by atoms with E-state index >= 15 is 0 Å². The molecule has 2 rings (SSSR count). The number of amides is 2. The van der Waals surface area contributed by atoms with Gasteiger partial charge in [0, 0.05) is 6.04 Å². The van der Waals surface area contributed by atoms with Crippen molar-refractivity contribution in [3.05, 3.63) is 18.7 Å². The van der Waals surface area contributed by atoms with Crippen LogP contribution in [0.5, 0.6) is 0 Å². The lowest BCUT2D eigenvalue weighted by Crippen LogP contribution is -2.38. The molecule has 1 aromatic rings. The molecular weight excluding hydrogens is 406 g/mol. The molecule has 2 heterocycles. The van der Waals surface area contributed by atoms with E-state index in [0.29, 0.717) is 11.1 Å². The summed E-state index contributed by atoms with van der Waals surface area (Å²) in [7, 11) is 0. The van der Waals surface area contributed by atoms with Crippen molar-refractivity contribution >= 4 is 55.0 Å². The number of hydrogen-bond acceptors (Lipinski definition) is 3. The van der Waals surface area contributed by atoms with Gasteiger partial charge in [0.1, 0.15) is 0 Å². The van der Waals surface area contributed by atoms with E-state index in [0.717, 1.165) is 26.8 Å². The molecule has 1 aliphatic rings. The van der Waals surface area contributed by atoms with Crippen LogP contribution in [0, 0.1) is 0 Å². The third-order valence-corrected chi connectivity index (χ3v) is 6.13. The second-order valence-corrected chi connectivity index (χ2v) is 8.73. The molecule has 0 saturated carbocycles. The van der Waals surface area contributed by atoms with Gasteiger partial charge in [0.15, 0.2) is 0 Å². The highest BCUT2D eigenvalue weighted by Gasteiger charge is 2.42. The minimum absolute atomic E-state index is 0.0388. The zero-order valence-corrected chi connectivity index (χ0v) is 15.5. The van der Waals surface area contributed by atoms with Crippen LogP contribution in [0.15, 0.2) is 7.57 Å². The number of halogens is 2. The van der Waals surface area contributed by atoms with Gasteiger partial charge in [-0.25, -0.2) is 0 Å². The van der Waals surface area contributed by atoms with Gasteiger partial charge >= 0.3 is 0 Å². The molecule has 0 N–H and O–H groups in total. The molecule has 1 unspecified atom stereocenters. The van der Waals surface area contributed by atoms with E-state index in [9.17, 15) is 9.59 Å². The van der Waals surface area contributed by atoms with Gasteiger partial charge in [-0.3, -0.25) is 14.5 Å². The molecule has 0 saturated heterocycles. The minimum Gasteiger partial charge on any atom is -0.271 e. The van der Waals surface area contributed by atoms with Crippen LogP contribution >= 0.6 is 43.2 Å². The number of nitrogens with zero attached hydrogens (tertiary/aromatic N) is 1. The summed E-state index contributed by atoms with van der Waals surface area (Å²) >= 11 is 8.13. The molecule has 6 heteroatoms. The molecule has 1 aliphatic heterocycles. The maximum Gasteiger partial charge on any atom is 0.263 e. The average Bonchev–Trinajstić information content (AvgIpc) is 2.83. The molecule has 2 amide bonds. The smallest absolute Gasteiger partial charge is 0.263 e. The Bertz CT molecular complexity index is 505. The van der Waals surface area contributed by atoms with E-state index in [-0.39, 0.29) is 17.9 Å². The topological polar surface area (TPSA) is 37.4 Å². The van der Waals surface area contributed by atoms with Crippen molar-refractivity contribution in [2.24, 2.45) is 0 Å². The van der Waals surface area contributed by atoms with Crippen molar-refractivity contribution in [1.82, 2.24) is 4.90 Å². The number of imide groups is 1. The summed E-state index contributed by atoms with van der Waals surface area (Å²) in [6, 6.07) is -0.0388. The van der Waals surface area contributed by atoms with Crippen molar-refractivity contribution in [2.75, 3.05) is 0 Å². The van der Waals surface area contributed by atoms with Gasteiger partial charge in [0.05, 0.1) is 18.7 Å². The van der Waals surface area contributed by atoms with Crippen LogP contribution in [0.3, 0.4) is 0 Å². The maximum atomic E-state index is 12.4. The molecule has 0 spiro atoms. The third-order valence-electron chi connectivity index (χ3n) is 3.60. The van der Waals surface area contributed by atoms with Crippen molar-refractivity contribution in [3.8, 4) is 0 Å². The first kappa shape index (κ1) is 16.2. The quantitative estimate of drug-likeness (QED) is 0.465. The number of unbranched alkanes of at least 4 members (excludes halogenated alkanes) is 3. The van der Waals surface area contributed by atoms with Gasteiger partial charge in [0.2, 0.25) is 0 Å². The number of hydrogen-bond donors (Lipinski definition) is 0. The molecule has 0 fully saturated rings. The van der Waals surface area contributed by atoms with Gasteiger partial charge < -0.3 is 0 Å². The molecule has 20 heavy (non-hydrogen) atoms.